The first-order valence-corrected chi connectivity index (χ1v) is 6.10. The van der Waals surface area contributed by atoms with E-state index < -0.39 is 5.91 Å². The molecule has 0 atom stereocenters. The van der Waals surface area contributed by atoms with Crippen molar-refractivity contribution in [2.75, 3.05) is 11.9 Å². The highest BCUT2D eigenvalue weighted by atomic mass is 16.3. The summed E-state index contributed by atoms with van der Waals surface area (Å²) in [5.74, 6) is 4.37. The molecule has 0 radical (unpaired) electrons. The molecule has 0 saturated heterocycles. The molecule has 0 spiro atoms. The van der Waals surface area contributed by atoms with Gasteiger partial charge in [0, 0.05) is 0 Å². The zero-order chi connectivity index (χ0) is 15.2. The first kappa shape index (κ1) is 14.4. The Kier molecular flexibility index (Phi) is 4.39. The lowest BCUT2D eigenvalue weighted by Gasteiger charge is -2.07. The zero-order valence-electron chi connectivity index (χ0n) is 11.0. The molecule has 1 heterocycles. The fourth-order valence-electron chi connectivity index (χ4n) is 1.66. The van der Waals surface area contributed by atoms with E-state index in [4.69, 9.17) is 5.73 Å². The fraction of sp³-hybridized carbons (Fsp3) is 0.0667. The molecule has 0 saturated carbocycles. The van der Waals surface area contributed by atoms with Crippen molar-refractivity contribution in [3.05, 3.63) is 47.7 Å². The Labute approximate surface area is 121 Å². The molecular weight excluding hydrogens is 270 g/mol. The van der Waals surface area contributed by atoms with Crippen molar-refractivity contribution in [3.63, 3.8) is 0 Å². The van der Waals surface area contributed by atoms with E-state index in [1.165, 1.54) is 18.2 Å². The van der Waals surface area contributed by atoms with Crippen molar-refractivity contribution in [3.8, 4) is 23.3 Å². The van der Waals surface area contributed by atoms with Gasteiger partial charge in [-0.15, -0.1) is 0 Å². The molecule has 0 bridgehead atoms. The van der Waals surface area contributed by atoms with Gasteiger partial charge in [-0.2, -0.15) is 0 Å². The topological polar surface area (TPSA) is 108 Å². The van der Waals surface area contributed by atoms with Crippen LogP contribution in [0.3, 0.4) is 0 Å². The third-order valence-electron chi connectivity index (χ3n) is 2.56. The number of nitrogens with one attached hydrogen (secondary N) is 1. The number of amides is 1. The molecular formula is C15H13N3O3. The summed E-state index contributed by atoms with van der Waals surface area (Å²) in [5, 5.41) is 21.8. The molecule has 0 aliphatic heterocycles. The molecule has 0 fully saturated rings. The molecule has 5 N–H and O–H groups in total. The highest BCUT2D eigenvalue weighted by Crippen LogP contribution is 2.26. The van der Waals surface area contributed by atoms with Crippen LogP contribution in [0.5, 0.6) is 11.5 Å². The minimum Gasteiger partial charge on any atom is -0.507 e. The van der Waals surface area contributed by atoms with Crippen LogP contribution < -0.4 is 11.1 Å². The standard InChI is InChI=1S/C15H13N3O3/c16-9-3-5-10-4-1-8-13(17-10)18-15(21)14-11(19)6-2-7-12(14)20/h1-2,4,6-8,19-20H,9,16H2,(H,17,18,21). The molecule has 21 heavy (non-hydrogen) atoms. The third kappa shape index (κ3) is 3.49. The number of hydrogen-bond acceptors (Lipinski definition) is 5. The van der Waals surface area contributed by atoms with Gasteiger partial charge in [-0.3, -0.25) is 4.79 Å². The van der Waals surface area contributed by atoms with E-state index in [2.05, 4.69) is 22.1 Å². The molecule has 2 aromatic rings. The minimum atomic E-state index is -0.665. The Balaban J connectivity index is 2.24. The van der Waals surface area contributed by atoms with Gasteiger partial charge in [0.25, 0.3) is 5.91 Å². The smallest absolute Gasteiger partial charge is 0.264 e. The number of anilines is 1. The molecule has 6 nitrogen and oxygen atoms in total. The van der Waals surface area contributed by atoms with Crippen LogP contribution in [0.15, 0.2) is 36.4 Å². The third-order valence-corrected chi connectivity index (χ3v) is 2.56. The van der Waals surface area contributed by atoms with Crippen molar-refractivity contribution in [2.45, 2.75) is 0 Å². The second kappa shape index (κ2) is 6.41. The number of pyridine rings is 1. The molecule has 0 aliphatic carbocycles. The molecule has 1 amide bonds. The number of benzene rings is 1. The molecule has 0 aliphatic rings. The van der Waals surface area contributed by atoms with Gasteiger partial charge in [-0.1, -0.05) is 18.1 Å². The Morgan fingerprint density at radius 2 is 1.86 bits per heavy atom. The Bertz CT molecular complexity index is 712. The van der Waals surface area contributed by atoms with Gasteiger partial charge in [0.15, 0.2) is 0 Å². The molecule has 1 aromatic heterocycles. The minimum absolute atomic E-state index is 0.210. The van der Waals surface area contributed by atoms with Crippen molar-refractivity contribution in [1.29, 1.82) is 0 Å². The van der Waals surface area contributed by atoms with E-state index in [9.17, 15) is 15.0 Å². The van der Waals surface area contributed by atoms with E-state index in [-0.39, 0.29) is 29.4 Å². The number of carbonyl (C=O) groups excluding carboxylic acids is 1. The predicted octanol–water partition coefficient (Wildman–Crippen LogP) is 1.06. The largest absolute Gasteiger partial charge is 0.507 e. The van der Waals surface area contributed by atoms with Gasteiger partial charge in [0.2, 0.25) is 0 Å². The van der Waals surface area contributed by atoms with Gasteiger partial charge in [-0.05, 0) is 30.2 Å². The molecule has 106 valence electrons. The maximum Gasteiger partial charge on any atom is 0.264 e. The monoisotopic (exact) mass is 283 g/mol. The molecule has 1 aromatic carbocycles. The number of rotatable bonds is 2. The second-order valence-corrected chi connectivity index (χ2v) is 4.04. The van der Waals surface area contributed by atoms with E-state index in [1.54, 1.807) is 18.2 Å². The zero-order valence-corrected chi connectivity index (χ0v) is 11.0. The lowest BCUT2D eigenvalue weighted by atomic mass is 10.1. The van der Waals surface area contributed by atoms with Crippen LogP contribution in [-0.2, 0) is 0 Å². The van der Waals surface area contributed by atoms with Crippen molar-refractivity contribution >= 4 is 11.7 Å². The summed E-state index contributed by atoms with van der Waals surface area (Å²) in [6, 6.07) is 8.98. The summed E-state index contributed by atoms with van der Waals surface area (Å²) in [6.45, 7) is 0.212. The highest BCUT2D eigenvalue weighted by Gasteiger charge is 2.16. The first-order valence-electron chi connectivity index (χ1n) is 6.10. The van der Waals surface area contributed by atoms with Crippen molar-refractivity contribution in [2.24, 2.45) is 5.73 Å². The quantitative estimate of drug-likeness (QED) is 0.616. The molecule has 6 heteroatoms. The fourth-order valence-corrected chi connectivity index (χ4v) is 1.66. The Morgan fingerprint density at radius 3 is 2.52 bits per heavy atom. The van der Waals surface area contributed by atoms with Crippen LogP contribution in [0, 0.1) is 11.8 Å². The van der Waals surface area contributed by atoms with E-state index in [1.807, 2.05) is 0 Å². The Hall–Kier alpha value is -3.04. The van der Waals surface area contributed by atoms with Gasteiger partial charge >= 0.3 is 0 Å². The van der Waals surface area contributed by atoms with Crippen molar-refractivity contribution < 1.29 is 15.0 Å². The summed E-state index contributed by atoms with van der Waals surface area (Å²) in [4.78, 5) is 16.2. The lowest BCUT2D eigenvalue weighted by molar-refractivity contribution is 0.102. The summed E-state index contributed by atoms with van der Waals surface area (Å²) >= 11 is 0. The second-order valence-electron chi connectivity index (χ2n) is 4.04. The molecule has 2 rings (SSSR count). The van der Waals surface area contributed by atoms with Crippen LogP contribution in [-0.4, -0.2) is 27.6 Å². The number of nitrogens with two attached hydrogens (primary N) is 1. The maximum absolute atomic E-state index is 12.1. The number of aromatic hydroxyl groups is 2. The lowest BCUT2D eigenvalue weighted by Crippen LogP contribution is -2.13. The van der Waals surface area contributed by atoms with Crippen LogP contribution in [0.4, 0.5) is 5.82 Å². The maximum atomic E-state index is 12.1. The number of aromatic nitrogens is 1. The highest BCUT2D eigenvalue weighted by molar-refractivity contribution is 6.07. The van der Waals surface area contributed by atoms with Crippen molar-refractivity contribution in [1.82, 2.24) is 4.98 Å². The average molecular weight is 283 g/mol. The van der Waals surface area contributed by atoms with E-state index in [0.717, 1.165) is 0 Å². The molecule has 0 unspecified atom stereocenters. The number of phenolic OH excluding ortho intramolecular Hbond substituents is 2. The number of phenols is 2. The Morgan fingerprint density at radius 1 is 1.19 bits per heavy atom. The van der Waals surface area contributed by atoms with Crippen LogP contribution in [0.2, 0.25) is 0 Å². The number of nitrogens with zero attached hydrogens (tertiary/aromatic N) is 1. The average Bonchev–Trinajstić information content (AvgIpc) is 2.45. The van der Waals surface area contributed by atoms with Gasteiger partial charge in [0.1, 0.15) is 28.6 Å². The normalized spacial score (nSPS) is 9.57. The van der Waals surface area contributed by atoms with Gasteiger partial charge in [0.05, 0.1) is 6.54 Å². The van der Waals surface area contributed by atoms with E-state index >= 15 is 0 Å². The van der Waals surface area contributed by atoms with Gasteiger partial charge < -0.3 is 21.3 Å². The summed E-state index contributed by atoms with van der Waals surface area (Å²) in [5.41, 5.74) is 5.53. The summed E-state index contributed by atoms with van der Waals surface area (Å²) < 4.78 is 0. The SMILES string of the molecule is NCC#Cc1cccc(NC(=O)c2c(O)cccc2O)n1. The summed E-state index contributed by atoms with van der Waals surface area (Å²) in [6.07, 6.45) is 0. The first-order chi connectivity index (χ1) is 10.1. The number of hydrogen-bond donors (Lipinski definition) is 4. The van der Waals surface area contributed by atoms with E-state index in [0.29, 0.717) is 5.69 Å². The summed E-state index contributed by atoms with van der Waals surface area (Å²) in [7, 11) is 0. The van der Waals surface area contributed by atoms with Crippen LogP contribution in [0.1, 0.15) is 16.1 Å². The van der Waals surface area contributed by atoms with Crippen LogP contribution in [0.25, 0.3) is 0 Å². The van der Waals surface area contributed by atoms with Gasteiger partial charge in [-0.25, -0.2) is 4.98 Å². The van der Waals surface area contributed by atoms with Crippen LogP contribution >= 0.6 is 0 Å². The number of carbonyl (C=O) groups is 1. The predicted molar refractivity (Wildman–Crippen MR) is 77.9 cm³/mol.